The Hall–Kier alpha value is -0.530. The topological polar surface area (TPSA) is 37.3 Å². The third-order valence-corrected chi connectivity index (χ3v) is 5.98. The number of unbranched alkanes of at least 4 members (excludes halogenated alkanes) is 14. The summed E-state index contributed by atoms with van der Waals surface area (Å²) in [5.74, 6) is 0.439. The summed E-state index contributed by atoms with van der Waals surface area (Å²) in [4.78, 5) is 10.4. The van der Waals surface area contributed by atoms with Crippen molar-refractivity contribution in [2.45, 2.75) is 135 Å². The summed E-state index contributed by atoms with van der Waals surface area (Å²) in [5.41, 5.74) is 0. The molecule has 25 heavy (non-hydrogen) atoms. The van der Waals surface area contributed by atoms with Crippen molar-refractivity contribution in [1.29, 1.82) is 0 Å². The average molecular weight is 353 g/mol. The van der Waals surface area contributed by atoms with Crippen LogP contribution in [0.25, 0.3) is 0 Å². The van der Waals surface area contributed by atoms with Gasteiger partial charge in [0, 0.05) is 6.42 Å². The Balaban J connectivity index is 1.64. The van der Waals surface area contributed by atoms with Crippen LogP contribution in [0, 0.1) is 5.92 Å². The zero-order valence-corrected chi connectivity index (χ0v) is 16.8. The lowest BCUT2D eigenvalue weighted by Gasteiger charge is -2.08. The quantitative estimate of drug-likeness (QED) is 0.255. The number of aliphatic carboxylic acids is 1. The van der Waals surface area contributed by atoms with Gasteiger partial charge < -0.3 is 5.11 Å². The van der Waals surface area contributed by atoms with E-state index in [4.69, 9.17) is 5.11 Å². The predicted molar refractivity (Wildman–Crippen MR) is 108 cm³/mol. The Morgan fingerprint density at radius 3 is 1.36 bits per heavy atom. The van der Waals surface area contributed by atoms with Gasteiger partial charge in [-0.2, -0.15) is 0 Å². The highest BCUT2D eigenvalue weighted by atomic mass is 16.4. The van der Waals surface area contributed by atoms with Crippen molar-refractivity contribution >= 4 is 5.97 Å². The molecule has 2 nitrogen and oxygen atoms in total. The molecule has 0 amide bonds. The molecule has 148 valence electrons. The van der Waals surface area contributed by atoms with E-state index < -0.39 is 5.97 Å². The Morgan fingerprint density at radius 2 is 0.960 bits per heavy atom. The predicted octanol–water partition coefficient (Wildman–Crippen LogP) is 7.89. The van der Waals surface area contributed by atoms with E-state index in [0.29, 0.717) is 6.42 Å². The molecule has 1 fully saturated rings. The second-order valence-electron chi connectivity index (χ2n) is 8.39. The maximum atomic E-state index is 10.4. The molecule has 1 aliphatic carbocycles. The summed E-state index contributed by atoms with van der Waals surface area (Å²) in [6, 6.07) is 0. The van der Waals surface area contributed by atoms with E-state index in [1.807, 2.05) is 0 Å². The minimum Gasteiger partial charge on any atom is -0.481 e. The van der Waals surface area contributed by atoms with Crippen LogP contribution in [0.1, 0.15) is 135 Å². The minimum atomic E-state index is -0.649. The molecule has 0 bridgehead atoms. The van der Waals surface area contributed by atoms with E-state index in [1.165, 1.54) is 116 Å². The summed E-state index contributed by atoms with van der Waals surface area (Å²) in [6.07, 6.45) is 28.1. The third kappa shape index (κ3) is 15.4. The molecule has 0 radical (unpaired) electrons. The second kappa shape index (κ2) is 16.9. The summed E-state index contributed by atoms with van der Waals surface area (Å²) in [5, 5.41) is 8.57. The van der Waals surface area contributed by atoms with Gasteiger partial charge in [-0.15, -0.1) is 0 Å². The fourth-order valence-electron chi connectivity index (χ4n) is 4.31. The van der Waals surface area contributed by atoms with Gasteiger partial charge >= 0.3 is 5.97 Å². The fraction of sp³-hybridized carbons (Fsp3) is 0.957. The van der Waals surface area contributed by atoms with Gasteiger partial charge in [-0.05, 0) is 12.3 Å². The van der Waals surface area contributed by atoms with Crippen molar-refractivity contribution in [2.75, 3.05) is 0 Å². The number of carbonyl (C=O) groups is 1. The van der Waals surface area contributed by atoms with Crippen LogP contribution in [0.4, 0.5) is 0 Å². The molecule has 0 saturated heterocycles. The molecule has 0 aromatic carbocycles. The second-order valence-corrected chi connectivity index (χ2v) is 8.39. The van der Waals surface area contributed by atoms with Crippen molar-refractivity contribution in [2.24, 2.45) is 5.92 Å². The van der Waals surface area contributed by atoms with Crippen molar-refractivity contribution in [1.82, 2.24) is 0 Å². The number of carboxylic acids is 1. The molecule has 0 atom stereocenters. The number of hydrogen-bond donors (Lipinski definition) is 1. The highest BCUT2D eigenvalue weighted by Gasteiger charge is 2.13. The summed E-state index contributed by atoms with van der Waals surface area (Å²) < 4.78 is 0. The van der Waals surface area contributed by atoms with Gasteiger partial charge in [0.05, 0.1) is 0 Å². The smallest absolute Gasteiger partial charge is 0.303 e. The summed E-state index contributed by atoms with van der Waals surface area (Å²) in [7, 11) is 0. The first kappa shape index (κ1) is 22.5. The van der Waals surface area contributed by atoms with E-state index in [0.717, 1.165) is 18.8 Å². The zero-order chi connectivity index (χ0) is 18.0. The van der Waals surface area contributed by atoms with Crippen molar-refractivity contribution < 1.29 is 9.90 Å². The maximum Gasteiger partial charge on any atom is 0.303 e. The molecule has 2 heteroatoms. The van der Waals surface area contributed by atoms with E-state index in [1.54, 1.807) is 0 Å². The van der Waals surface area contributed by atoms with Crippen LogP contribution in [-0.4, -0.2) is 11.1 Å². The van der Waals surface area contributed by atoms with Crippen LogP contribution in [-0.2, 0) is 4.79 Å². The Labute approximate surface area is 157 Å². The molecule has 1 rings (SSSR count). The summed E-state index contributed by atoms with van der Waals surface area (Å²) >= 11 is 0. The monoisotopic (exact) mass is 352 g/mol. The molecule has 0 unspecified atom stereocenters. The SMILES string of the molecule is O=C(O)CCCCCCCCCCCCCCCCCC1CCCC1. The van der Waals surface area contributed by atoms with E-state index >= 15 is 0 Å². The van der Waals surface area contributed by atoms with Gasteiger partial charge in [-0.1, -0.05) is 122 Å². The van der Waals surface area contributed by atoms with Gasteiger partial charge in [0.25, 0.3) is 0 Å². The third-order valence-electron chi connectivity index (χ3n) is 5.98. The van der Waals surface area contributed by atoms with Gasteiger partial charge in [-0.25, -0.2) is 0 Å². The molecular weight excluding hydrogens is 308 g/mol. The van der Waals surface area contributed by atoms with Crippen molar-refractivity contribution in [3.8, 4) is 0 Å². The van der Waals surface area contributed by atoms with Crippen LogP contribution in [0.2, 0.25) is 0 Å². The van der Waals surface area contributed by atoms with Crippen molar-refractivity contribution in [3.05, 3.63) is 0 Å². The van der Waals surface area contributed by atoms with E-state index in [-0.39, 0.29) is 0 Å². The van der Waals surface area contributed by atoms with Crippen molar-refractivity contribution in [3.63, 3.8) is 0 Å². The average Bonchev–Trinajstić information content (AvgIpc) is 3.11. The number of hydrogen-bond acceptors (Lipinski definition) is 1. The van der Waals surface area contributed by atoms with Crippen LogP contribution in [0.3, 0.4) is 0 Å². The van der Waals surface area contributed by atoms with Crippen LogP contribution in [0.5, 0.6) is 0 Å². The molecule has 0 aromatic rings. The molecule has 0 spiro atoms. The Kier molecular flexibility index (Phi) is 15.2. The van der Waals surface area contributed by atoms with Gasteiger partial charge in [0.1, 0.15) is 0 Å². The molecule has 1 N–H and O–H groups in total. The maximum absolute atomic E-state index is 10.4. The van der Waals surface area contributed by atoms with Gasteiger partial charge in [-0.3, -0.25) is 4.79 Å². The minimum absolute atomic E-state index is 0.348. The standard InChI is InChI=1S/C23H44O2/c24-23(25)21-15-13-11-9-7-5-3-1-2-4-6-8-10-12-14-18-22-19-16-17-20-22/h22H,1-21H2,(H,24,25). The lowest BCUT2D eigenvalue weighted by atomic mass is 9.99. The molecular formula is C23H44O2. The zero-order valence-electron chi connectivity index (χ0n) is 16.8. The molecule has 0 aliphatic heterocycles. The van der Waals surface area contributed by atoms with Crippen LogP contribution < -0.4 is 0 Å². The fourth-order valence-corrected chi connectivity index (χ4v) is 4.31. The normalized spacial score (nSPS) is 15.0. The summed E-state index contributed by atoms with van der Waals surface area (Å²) in [6.45, 7) is 0. The van der Waals surface area contributed by atoms with Gasteiger partial charge in [0.2, 0.25) is 0 Å². The highest BCUT2D eigenvalue weighted by Crippen LogP contribution is 2.29. The lowest BCUT2D eigenvalue weighted by Crippen LogP contribution is -1.93. The number of carboxylic acid groups (broad SMARTS) is 1. The van der Waals surface area contributed by atoms with Crippen LogP contribution >= 0.6 is 0 Å². The molecule has 0 heterocycles. The van der Waals surface area contributed by atoms with E-state index in [2.05, 4.69) is 0 Å². The number of rotatable bonds is 18. The Bertz CT molecular complexity index is 294. The van der Waals surface area contributed by atoms with Gasteiger partial charge in [0.15, 0.2) is 0 Å². The highest BCUT2D eigenvalue weighted by molar-refractivity contribution is 5.66. The van der Waals surface area contributed by atoms with Crippen LogP contribution in [0.15, 0.2) is 0 Å². The first-order valence-corrected chi connectivity index (χ1v) is 11.5. The molecule has 1 saturated carbocycles. The first-order chi connectivity index (χ1) is 12.3. The first-order valence-electron chi connectivity index (χ1n) is 11.5. The Morgan fingerprint density at radius 1 is 0.600 bits per heavy atom. The lowest BCUT2D eigenvalue weighted by molar-refractivity contribution is -0.137. The van der Waals surface area contributed by atoms with E-state index in [9.17, 15) is 4.79 Å². The molecule has 0 aromatic heterocycles. The largest absolute Gasteiger partial charge is 0.481 e. The molecule has 1 aliphatic rings.